The van der Waals surface area contributed by atoms with Crippen LogP contribution in [0, 0.1) is 12.3 Å². The predicted molar refractivity (Wildman–Crippen MR) is 89.7 cm³/mol. The summed E-state index contributed by atoms with van der Waals surface area (Å²) >= 11 is 0. The van der Waals surface area contributed by atoms with E-state index < -0.39 is 0 Å². The standard InChI is InChI=1S/C17H24N2O2.ClH/c1-14-3-2-4-15(11-14)21-12-16(20)19-9-6-17(7-10-19)5-8-18-13-17;/h2-4,11,18H,5-10,12-13H2,1H3;1H. The fourth-order valence-corrected chi connectivity index (χ4v) is 3.39. The minimum atomic E-state index is 0. The van der Waals surface area contributed by atoms with Crippen LogP contribution in [0.15, 0.2) is 24.3 Å². The van der Waals surface area contributed by atoms with Gasteiger partial charge in [-0.2, -0.15) is 0 Å². The number of piperidine rings is 1. The molecule has 1 amide bonds. The van der Waals surface area contributed by atoms with Crippen LogP contribution >= 0.6 is 12.4 Å². The third kappa shape index (κ3) is 3.93. The molecule has 22 heavy (non-hydrogen) atoms. The fraction of sp³-hybridized carbons (Fsp3) is 0.588. The van der Waals surface area contributed by atoms with Gasteiger partial charge in [-0.1, -0.05) is 12.1 Å². The Balaban J connectivity index is 0.00000176. The number of ether oxygens (including phenoxy) is 1. The topological polar surface area (TPSA) is 41.6 Å². The average molecular weight is 325 g/mol. The molecule has 1 aromatic rings. The summed E-state index contributed by atoms with van der Waals surface area (Å²) in [6.45, 7) is 6.16. The normalized spacial score (nSPS) is 19.8. The van der Waals surface area contributed by atoms with E-state index in [9.17, 15) is 4.79 Å². The zero-order valence-corrected chi connectivity index (χ0v) is 14.0. The van der Waals surface area contributed by atoms with Crippen molar-refractivity contribution >= 4 is 18.3 Å². The van der Waals surface area contributed by atoms with Crippen molar-refractivity contribution < 1.29 is 9.53 Å². The van der Waals surface area contributed by atoms with E-state index in [0.717, 1.165) is 50.3 Å². The Morgan fingerprint density at radius 3 is 2.73 bits per heavy atom. The van der Waals surface area contributed by atoms with E-state index in [-0.39, 0.29) is 24.9 Å². The fourth-order valence-electron chi connectivity index (χ4n) is 3.39. The van der Waals surface area contributed by atoms with E-state index in [2.05, 4.69) is 5.32 Å². The Morgan fingerprint density at radius 1 is 1.32 bits per heavy atom. The molecule has 4 nitrogen and oxygen atoms in total. The lowest BCUT2D eigenvalue weighted by Crippen LogP contribution is -2.45. The maximum Gasteiger partial charge on any atom is 0.260 e. The van der Waals surface area contributed by atoms with Gasteiger partial charge in [-0.25, -0.2) is 0 Å². The van der Waals surface area contributed by atoms with Gasteiger partial charge in [0.1, 0.15) is 5.75 Å². The maximum absolute atomic E-state index is 12.2. The number of aryl methyl sites for hydroxylation is 1. The van der Waals surface area contributed by atoms with Crippen molar-refractivity contribution in [2.45, 2.75) is 26.2 Å². The zero-order chi connectivity index (χ0) is 14.7. The minimum absolute atomic E-state index is 0. The van der Waals surface area contributed by atoms with Crippen LogP contribution in [0.5, 0.6) is 5.75 Å². The molecular weight excluding hydrogens is 300 g/mol. The van der Waals surface area contributed by atoms with Gasteiger partial charge in [0.25, 0.3) is 5.91 Å². The molecule has 0 atom stereocenters. The molecule has 2 aliphatic rings. The third-order valence-corrected chi connectivity index (χ3v) is 4.86. The van der Waals surface area contributed by atoms with Gasteiger partial charge < -0.3 is 15.0 Å². The van der Waals surface area contributed by atoms with Crippen LogP contribution in [-0.4, -0.2) is 43.6 Å². The molecule has 0 unspecified atom stereocenters. The summed E-state index contributed by atoms with van der Waals surface area (Å²) in [7, 11) is 0. The zero-order valence-electron chi connectivity index (χ0n) is 13.1. The highest BCUT2D eigenvalue weighted by Crippen LogP contribution is 2.36. The highest BCUT2D eigenvalue weighted by Gasteiger charge is 2.37. The number of likely N-dealkylation sites (tertiary alicyclic amines) is 1. The lowest BCUT2D eigenvalue weighted by molar-refractivity contribution is -0.135. The second kappa shape index (κ2) is 7.34. The highest BCUT2D eigenvalue weighted by molar-refractivity contribution is 5.85. The van der Waals surface area contributed by atoms with Gasteiger partial charge in [0.05, 0.1) is 0 Å². The summed E-state index contributed by atoms with van der Waals surface area (Å²) in [6.07, 6.45) is 3.50. The monoisotopic (exact) mass is 324 g/mol. The summed E-state index contributed by atoms with van der Waals surface area (Å²) in [5.41, 5.74) is 1.60. The lowest BCUT2D eigenvalue weighted by atomic mass is 9.78. The summed E-state index contributed by atoms with van der Waals surface area (Å²) in [5, 5.41) is 3.45. The van der Waals surface area contributed by atoms with Crippen LogP contribution in [0.1, 0.15) is 24.8 Å². The van der Waals surface area contributed by atoms with Crippen molar-refractivity contribution in [2.75, 3.05) is 32.8 Å². The molecule has 0 bridgehead atoms. The van der Waals surface area contributed by atoms with Crippen LogP contribution in [0.4, 0.5) is 0 Å². The Bertz CT molecular complexity index is 505. The van der Waals surface area contributed by atoms with Crippen molar-refractivity contribution in [3.8, 4) is 5.75 Å². The number of nitrogens with one attached hydrogen (secondary N) is 1. The van der Waals surface area contributed by atoms with E-state index in [1.165, 1.54) is 6.42 Å². The first-order chi connectivity index (χ1) is 10.2. The van der Waals surface area contributed by atoms with E-state index in [0.29, 0.717) is 5.41 Å². The van der Waals surface area contributed by atoms with Crippen LogP contribution in [0.3, 0.4) is 0 Å². The molecule has 1 spiro atoms. The number of carbonyl (C=O) groups is 1. The molecule has 0 saturated carbocycles. The Labute approximate surface area is 138 Å². The Hall–Kier alpha value is -1.26. The smallest absolute Gasteiger partial charge is 0.260 e. The van der Waals surface area contributed by atoms with Crippen LogP contribution in [-0.2, 0) is 4.79 Å². The van der Waals surface area contributed by atoms with Gasteiger partial charge in [0.15, 0.2) is 6.61 Å². The SMILES string of the molecule is Cc1cccc(OCC(=O)N2CCC3(CCNC3)CC2)c1.Cl. The summed E-state index contributed by atoms with van der Waals surface area (Å²) in [4.78, 5) is 14.2. The van der Waals surface area contributed by atoms with Gasteiger partial charge >= 0.3 is 0 Å². The number of amides is 1. The maximum atomic E-state index is 12.2. The van der Waals surface area contributed by atoms with E-state index >= 15 is 0 Å². The first-order valence-corrected chi connectivity index (χ1v) is 7.85. The first kappa shape index (κ1) is 17.1. The number of halogens is 1. The van der Waals surface area contributed by atoms with E-state index in [1.807, 2.05) is 36.1 Å². The van der Waals surface area contributed by atoms with Gasteiger partial charge in [0.2, 0.25) is 0 Å². The van der Waals surface area contributed by atoms with Crippen molar-refractivity contribution in [3.05, 3.63) is 29.8 Å². The second-order valence-electron chi connectivity index (χ2n) is 6.41. The molecule has 2 aliphatic heterocycles. The molecule has 5 heteroatoms. The van der Waals surface area contributed by atoms with Crippen molar-refractivity contribution in [3.63, 3.8) is 0 Å². The minimum Gasteiger partial charge on any atom is -0.484 e. The number of nitrogens with zero attached hydrogens (tertiary/aromatic N) is 1. The molecular formula is C17H25ClN2O2. The predicted octanol–water partition coefficient (Wildman–Crippen LogP) is 2.40. The molecule has 2 saturated heterocycles. The van der Waals surface area contributed by atoms with E-state index in [4.69, 9.17) is 4.74 Å². The number of carbonyl (C=O) groups excluding carboxylic acids is 1. The Kier molecular flexibility index (Phi) is 5.70. The summed E-state index contributed by atoms with van der Waals surface area (Å²) < 4.78 is 5.62. The van der Waals surface area contributed by atoms with Crippen molar-refractivity contribution in [2.24, 2.45) is 5.41 Å². The lowest BCUT2D eigenvalue weighted by Gasteiger charge is -2.38. The summed E-state index contributed by atoms with van der Waals surface area (Å²) in [5.74, 6) is 0.883. The number of hydrogen-bond donors (Lipinski definition) is 1. The quantitative estimate of drug-likeness (QED) is 0.928. The van der Waals surface area contributed by atoms with Gasteiger partial charge in [-0.15, -0.1) is 12.4 Å². The molecule has 1 aromatic carbocycles. The number of benzene rings is 1. The highest BCUT2D eigenvalue weighted by atomic mass is 35.5. The third-order valence-electron chi connectivity index (χ3n) is 4.86. The van der Waals surface area contributed by atoms with Gasteiger partial charge in [0, 0.05) is 19.6 Å². The van der Waals surface area contributed by atoms with Crippen LogP contribution < -0.4 is 10.1 Å². The second-order valence-corrected chi connectivity index (χ2v) is 6.41. The van der Waals surface area contributed by atoms with E-state index in [1.54, 1.807) is 0 Å². The molecule has 1 N–H and O–H groups in total. The van der Waals surface area contributed by atoms with Gasteiger partial charge in [-0.3, -0.25) is 4.79 Å². The molecule has 122 valence electrons. The molecule has 2 fully saturated rings. The van der Waals surface area contributed by atoms with Gasteiger partial charge in [-0.05, 0) is 55.8 Å². The average Bonchev–Trinajstić information content (AvgIpc) is 2.94. The molecule has 0 aliphatic carbocycles. The molecule has 0 radical (unpaired) electrons. The van der Waals surface area contributed by atoms with Crippen LogP contribution in [0.2, 0.25) is 0 Å². The number of rotatable bonds is 3. The molecule has 3 rings (SSSR count). The first-order valence-electron chi connectivity index (χ1n) is 7.85. The summed E-state index contributed by atoms with van der Waals surface area (Å²) in [6, 6.07) is 7.83. The Morgan fingerprint density at radius 2 is 2.09 bits per heavy atom. The van der Waals surface area contributed by atoms with Crippen molar-refractivity contribution in [1.82, 2.24) is 10.2 Å². The van der Waals surface area contributed by atoms with Crippen molar-refractivity contribution in [1.29, 1.82) is 0 Å². The number of hydrogen-bond acceptors (Lipinski definition) is 3. The molecule has 2 heterocycles. The molecule has 0 aromatic heterocycles. The largest absolute Gasteiger partial charge is 0.484 e. The van der Waals surface area contributed by atoms with Crippen LogP contribution in [0.25, 0.3) is 0 Å².